The number of unbranched alkanes of at least 4 members (excludes halogenated alkanes) is 1. The van der Waals surface area contributed by atoms with Gasteiger partial charge in [-0.15, -0.1) is 0 Å². The molecule has 0 saturated carbocycles. The number of ether oxygens (including phenoxy) is 1. The van der Waals surface area contributed by atoms with E-state index < -0.39 is 0 Å². The van der Waals surface area contributed by atoms with Gasteiger partial charge in [0, 0.05) is 18.5 Å². The summed E-state index contributed by atoms with van der Waals surface area (Å²) in [5, 5.41) is 3.26. The fraction of sp³-hybridized carbons (Fsp3) is 0.682. The van der Waals surface area contributed by atoms with Crippen molar-refractivity contribution >= 4 is 5.91 Å². The molecule has 26 heavy (non-hydrogen) atoms. The number of hydrogen-bond acceptors (Lipinski definition) is 3. The van der Waals surface area contributed by atoms with Crippen molar-refractivity contribution < 1.29 is 9.53 Å². The van der Waals surface area contributed by atoms with Gasteiger partial charge in [0.1, 0.15) is 5.75 Å². The van der Waals surface area contributed by atoms with Crippen LogP contribution in [0.15, 0.2) is 24.3 Å². The molecule has 3 unspecified atom stereocenters. The molecule has 0 bridgehead atoms. The second-order valence-electron chi connectivity index (χ2n) is 7.59. The Bertz CT molecular complexity index is 544. The van der Waals surface area contributed by atoms with Gasteiger partial charge in [0.15, 0.2) is 0 Å². The van der Waals surface area contributed by atoms with Crippen molar-refractivity contribution in [2.24, 2.45) is 11.8 Å². The van der Waals surface area contributed by atoms with Crippen molar-refractivity contribution in [1.82, 2.24) is 10.2 Å². The molecule has 3 atom stereocenters. The fourth-order valence-electron chi connectivity index (χ4n) is 4.15. The highest BCUT2D eigenvalue weighted by molar-refractivity contribution is 5.78. The summed E-state index contributed by atoms with van der Waals surface area (Å²) in [6.07, 6.45) is 6.57. The zero-order chi connectivity index (χ0) is 18.9. The number of piperidine rings is 1. The summed E-state index contributed by atoms with van der Waals surface area (Å²) in [7, 11) is 3.89. The summed E-state index contributed by atoms with van der Waals surface area (Å²) >= 11 is 0. The maximum absolute atomic E-state index is 12.6. The molecule has 1 amide bonds. The monoisotopic (exact) mass is 360 g/mol. The largest absolute Gasteiger partial charge is 0.497 e. The molecule has 1 aliphatic rings. The van der Waals surface area contributed by atoms with Crippen LogP contribution in [0.3, 0.4) is 0 Å². The van der Waals surface area contributed by atoms with Crippen LogP contribution in [0.2, 0.25) is 0 Å². The zero-order valence-corrected chi connectivity index (χ0v) is 17.0. The average Bonchev–Trinajstić information content (AvgIpc) is 2.67. The summed E-state index contributed by atoms with van der Waals surface area (Å²) in [5.41, 5.74) is 1.31. The number of rotatable bonds is 9. The second-order valence-corrected chi connectivity index (χ2v) is 7.59. The third-order valence-electron chi connectivity index (χ3n) is 5.77. The Morgan fingerprint density at radius 2 is 2.04 bits per heavy atom. The minimum atomic E-state index is 0.163. The first-order chi connectivity index (χ1) is 12.6. The topological polar surface area (TPSA) is 41.6 Å². The van der Waals surface area contributed by atoms with Gasteiger partial charge in [-0.25, -0.2) is 0 Å². The summed E-state index contributed by atoms with van der Waals surface area (Å²) in [5.74, 6) is 1.74. The minimum Gasteiger partial charge on any atom is -0.497 e. The third kappa shape index (κ3) is 5.47. The van der Waals surface area contributed by atoms with Gasteiger partial charge in [0.05, 0.1) is 7.11 Å². The fourth-order valence-corrected chi connectivity index (χ4v) is 4.15. The summed E-state index contributed by atoms with van der Waals surface area (Å²) in [6, 6.07) is 8.74. The van der Waals surface area contributed by atoms with Gasteiger partial charge in [0.25, 0.3) is 0 Å². The number of methoxy groups -OCH3 is 1. The molecule has 2 rings (SSSR count). The lowest BCUT2D eigenvalue weighted by Gasteiger charge is -2.40. The maximum atomic E-state index is 12.6. The van der Waals surface area contributed by atoms with E-state index >= 15 is 0 Å². The highest BCUT2D eigenvalue weighted by Crippen LogP contribution is 2.35. The van der Waals surface area contributed by atoms with Crippen LogP contribution >= 0.6 is 0 Å². The smallest absolute Gasteiger partial charge is 0.223 e. The molecule has 1 fully saturated rings. The Kier molecular flexibility index (Phi) is 8.43. The summed E-state index contributed by atoms with van der Waals surface area (Å²) in [6.45, 7) is 6.17. The first kappa shape index (κ1) is 20.8. The SMILES string of the molecule is CCCCC(CC)C(=O)NCC1CCCN(C)C1c1ccc(OC)cc1. The van der Waals surface area contributed by atoms with E-state index in [0.717, 1.165) is 50.9 Å². The van der Waals surface area contributed by atoms with Gasteiger partial charge < -0.3 is 10.1 Å². The molecule has 4 nitrogen and oxygen atoms in total. The van der Waals surface area contributed by atoms with Gasteiger partial charge in [-0.1, -0.05) is 38.8 Å². The summed E-state index contributed by atoms with van der Waals surface area (Å²) < 4.78 is 5.29. The van der Waals surface area contributed by atoms with E-state index in [2.05, 4.69) is 43.2 Å². The van der Waals surface area contributed by atoms with Crippen molar-refractivity contribution in [3.05, 3.63) is 29.8 Å². The van der Waals surface area contributed by atoms with Gasteiger partial charge in [-0.3, -0.25) is 9.69 Å². The van der Waals surface area contributed by atoms with Crippen molar-refractivity contribution in [2.75, 3.05) is 27.2 Å². The van der Waals surface area contributed by atoms with Crippen LogP contribution < -0.4 is 10.1 Å². The van der Waals surface area contributed by atoms with E-state index in [1.54, 1.807) is 7.11 Å². The van der Waals surface area contributed by atoms with Crippen LogP contribution in [-0.2, 0) is 4.79 Å². The number of nitrogens with one attached hydrogen (secondary N) is 1. The van der Waals surface area contributed by atoms with E-state index in [1.807, 2.05) is 12.1 Å². The zero-order valence-electron chi connectivity index (χ0n) is 17.0. The van der Waals surface area contributed by atoms with Crippen LogP contribution in [0.25, 0.3) is 0 Å². The number of carbonyl (C=O) groups is 1. The molecule has 0 aliphatic carbocycles. The lowest BCUT2D eigenvalue weighted by Crippen LogP contribution is -2.43. The predicted molar refractivity (Wildman–Crippen MR) is 107 cm³/mol. The van der Waals surface area contributed by atoms with E-state index in [9.17, 15) is 4.79 Å². The number of likely N-dealkylation sites (tertiary alicyclic amines) is 1. The molecule has 1 heterocycles. The Hall–Kier alpha value is -1.55. The van der Waals surface area contributed by atoms with Crippen molar-refractivity contribution in [2.45, 2.75) is 58.4 Å². The number of benzene rings is 1. The van der Waals surface area contributed by atoms with Gasteiger partial charge in [0.2, 0.25) is 5.91 Å². The lowest BCUT2D eigenvalue weighted by atomic mass is 9.84. The molecule has 146 valence electrons. The van der Waals surface area contributed by atoms with Crippen molar-refractivity contribution in [3.8, 4) is 5.75 Å². The molecule has 1 aromatic carbocycles. The Labute approximate surface area is 159 Å². The third-order valence-corrected chi connectivity index (χ3v) is 5.77. The molecule has 1 aliphatic heterocycles. The number of hydrogen-bond donors (Lipinski definition) is 1. The number of nitrogens with zero attached hydrogens (tertiary/aromatic N) is 1. The highest BCUT2D eigenvalue weighted by Gasteiger charge is 2.31. The molecule has 1 N–H and O–H groups in total. The van der Waals surface area contributed by atoms with Crippen molar-refractivity contribution in [3.63, 3.8) is 0 Å². The molecular weight excluding hydrogens is 324 g/mol. The molecule has 0 spiro atoms. The molecule has 4 heteroatoms. The first-order valence-corrected chi connectivity index (χ1v) is 10.2. The maximum Gasteiger partial charge on any atom is 0.223 e. The molecule has 1 aromatic rings. The van der Waals surface area contributed by atoms with Crippen LogP contribution in [0.4, 0.5) is 0 Å². The molecular formula is C22H36N2O2. The van der Waals surface area contributed by atoms with E-state index in [0.29, 0.717) is 12.0 Å². The van der Waals surface area contributed by atoms with Crippen LogP contribution in [0, 0.1) is 11.8 Å². The molecule has 0 radical (unpaired) electrons. The standard InChI is InChI=1S/C22H36N2O2/c1-5-7-9-17(6-2)22(25)23-16-19-10-8-15-24(3)21(19)18-11-13-20(26-4)14-12-18/h11-14,17,19,21H,5-10,15-16H2,1-4H3,(H,23,25). The van der Waals surface area contributed by atoms with Crippen LogP contribution in [-0.4, -0.2) is 38.1 Å². The first-order valence-electron chi connectivity index (χ1n) is 10.2. The van der Waals surface area contributed by atoms with E-state index in [-0.39, 0.29) is 11.8 Å². The Morgan fingerprint density at radius 3 is 2.65 bits per heavy atom. The number of amides is 1. The number of carbonyl (C=O) groups excluding carboxylic acids is 1. The summed E-state index contributed by atoms with van der Waals surface area (Å²) in [4.78, 5) is 15.0. The van der Waals surface area contributed by atoms with E-state index in [4.69, 9.17) is 4.74 Å². The second kappa shape index (κ2) is 10.6. The quantitative estimate of drug-likeness (QED) is 0.709. The molecule has 1 saturated heterocycles. The van der Waals surface area contributed by atoms with Crippen LogP contribution in [0.5, 0.6) is 5.75 Å². The predicted octanol–water partition coefficient (Wildman–Crippen LogP) is 4.41. The van der Waals surface area contributed by atoms with Crippen molar-refractivity contribution in [1.29, 1.82) is 0 Å². The molecule has 0 aromatic heterocycles. The normalized spacial score (nSPS) is 22.0. The minimum absolute atomic E-state index is 0.163. The Balaban J connectivity index is 2.01. The van der Waals surface area contributed by atoms with Gasteiger partial charge in [-0.2, -0.15) is 0 Å². The Morgan fingerprint density at radius 1 is 1.31 bits per heavy atom. The lowest BCUT2D eigenvalue weighted by molar-refractivity contribution is -0.125. The average molecular weight is 361 g/mol. The van der Waals surface area contributed by atoms with E-state index in [1.165, 1.54) is 12.0 Å². The highest BCUT2D eigenvalue weighted by atomic mass is 16.5. The van der Waals surface area contributed by atoms with Gasteiger partial charge >= 0.3 is 0 Å². The van der Waals surface area contributed by atoms with Gasteiger partial charge in [-0.05, 0) is 62.9 Å². The van der Waals surface area contributed by atoms with Crippen LogP contribution in [0.1, 0.15) is 64.0 Å².